The van der Waals surface area contributed by atoms with Crippen LogP contribution in [0.15, 0.2) is 36.5 Å². The number of alkyl halides is 3. The SMILES string of the molecule is CC(N)c1ccc(Nc2c(F)cccc2C(F)(F)F)cn1.Cl. The fourth-order valence-corrected chi connectivity index (χ4v) is 1.78. The molecule has 1 heterocycles. The highest BCUT2D eigenvalue weighted by Gasteiger charge is 2.34. The quantitative estimate of drug-likeness (QED) is 0.816. The van der Waals surface area contributed by atoms with Gasteiger partial charge in [0.05, 0.1) is 28.8 Å². The molecule has 1 aromatic heterocycles. The lowest BCUT2D eigenvalue weighted by Crippen LogP contribution is -2.11. The molecule has 0 radical (unpaired) electrons. The second-order valence-electron chi connectivity index (χ2n) is 4.55. The van der Waals surface area contributed by atoms with E-state index in [1.807, 2.05) is 0 Å². The first-order chi connectivity index (χ1) is 9.79. The summed E-state index contributed by atoms with van der Waals surface area (Å²) < 4.78 is 52.3. The second-order valence-corrected chi connectivity index (χ2v) is 4.55. The Morgan fingerprint density at radius 1 is 1.18 bits per heavy atom. The highest BCUT2D eigenvalue weighted by molar-refractivity contribution is 5.85. The number of nitrogens with two attached hydrogens (primary N) is 1. The van der Waals surface area contributed by atoms with Gasteiger partial charge in [0.2, 0.25) is 0 Å². The van der Waals surface area contributed by atoms with Gasteiger partial charge < -0.3 is 11.1 Å². The molecule has 0 aliphatic heterocycles. The molecular weight excluding hydrogens is 322 g/mol. The van der Waals surface area contributed by atoms with Crippen LogP contribution in [0, 0.1) is 5.82 Å². The topological polar surface area (TPSA) is 50.9 Å². The summed E-state index contributed by atoms with van der Waals surface area (Å²) in [4.78, 5) is 4.00. The summed E-state index contributed by atoms with van der Waals surface area (Å²) in [5.41, 5.74) is 4.77. The zero-order valence-corrected chi connectivity index (χ0v) is 12.3. The van der Waals surface area contributed by atoms with E-state index in [1.165, 1.54) is 12.3 Å². The van der Waals surface area contributed by atoms with Crippen LogP contribution < -0.4 is 11.1 Å². The lowest BCUT2D eigenvalue weighted by atomic mass is 10.1. The van der Waals surface area contributed by atoms with Crippen molar-refractivity contribution in [3.63, 3.8) is 0 Å². The molecule has 1 unspecified atom stereocenters. The average molecular weight is 336 g/mol. The van der Waals surface area contributed by atoms with Crippen molar-refractivity contribution in [3.05, 3.63) is 53.6 Å². The zero-order valence-electron chi connectivity index (χ0n) is 11.5. The Labute approximate surface area is 131 Å². The molecule has 0 spiro atoms. The van der Waals surface area contributed by atoms with Gasteiger partial charge in [-0.05, 0) is 31.2 Å². The first kappa shape index (κ1) is 18.2. The van der Waals surface area contributed by atoms with E-state index in [9.17, 15) is 17.6 Å². The molecule has 2 aromatic rings. The highest BCUT2D eigenvalue weighted by Crippen LogP contribution is 2.37. The molecule has 3 N–H and O–H groups in total. The number of rotatable bonds is 3. The second kappa shape index (κ2) is 6.93. The minimum Gasteiger partial charge on any atom is -0.351 e. The van der Waals surface area contributed by atoms with E-state index in [-0.39, 0.29) is 24.1 Å². The van der Waals surface area contributed by atoms with E-state index in [4.69, 9.17) is 5.73 Å². The van der Waals surface area contributed by atoms with Crippen molar-refractivity contribution in [2.24, 2.45) is 5.73 Å². The smallest absolute Gasteiger partial charge is 0.351 e. The van der Waals surface area contributed by atoms with E-state index >= 15 is 0 Å². The summed E-state index contributed by atoms with van der Waals surface area (Å²) in [5, 5.41) is 2.42. The first-order valence-electron chi connectivity index (χ1n) is 6.13. The molecular formula is C14H14ClF4N3. The van der Waals surface area contributed by atoms with Gasteiger partial charge in [-0.1, -0.05) is 6.07 Å². The van der Waals surface area contributed by atoms with Crippen molar-refractivity contribution in [2.75, 3.05) is 5.32 Å². The summed E-state index contributed by atoms with van der Waals surface area (Å²) in [6.07, 6.45) is -3.34. The van der Waals surface area contributed by atoms with Gasteiger partial charge >= 0.3 is 6.18 Å². The van der Waals surface area contributed by atoms with Crippen LogP contribution in [0.2, 0.25) is 0 Å². The molecule has 1 atom stereocenters. The van der Waals surface area contributed by atoms with Crippen LogP contribution in [0.5, 0.6) is 0 Å². The third kappa shape index (κ3) is 4.08. The molecule has 1 aromatic carbocycles. The molecule has 3 nitrogen and oxygen atoms in total. The summed E-state index contributed by atoms with van der Waals surface area (Å²) in [7, 11) is 0. The predicted molar refractivity (Wildman–Crippen MR) is 78.8 cm³/mol. The Balaban J connectivity index is 0.00000242. The molecule has 0 fully saturated rings. The molecule has 22 heavy (non-hydrogen) atoms. The van der Waals surface area contributed by atoms with Crippen LogP contribution >= 0.6 is 12.4 Å². The molecule has 0 bridgehead atoms. The average Bonchev–Trinajstić information content (AvgIpc) is 2.40. The third-order valence-electron chi connectivity index (χ3n) is 2.84. The number of benzene rings is 1. The van der Waals surface area contributed by atoms with Gasteiger partial charge in [0.1, 0.15) is 5.82 Å². The van der Waals surface area contributed by atoms with Gasteiger partial charge in [0, 0.05) is 6.04 Å². The fourth-order valence-electron chi connectivity index (χ4n) is 1.78. The van der Waals surface area contributed by atoms with Crippen molar-refractivity contribution < 1.29 is 17.6 Å². The zero-order chi connectivity index (χ0) is 15.6. The molecule has 0 saturated carbocycles. The number of anilines is 2. The highest BCUT2D eigenvalue weighted by atomic mass is 35.5. The van der Waals surface area contributed by atoms with E-state index < -0.39 is 23.2 Å². The Morgan fingerprint density at radius 2 is 1.86 bits per heavy atom. The molecule has 8 heteroatoms. The summed E-state index contributed by atoms with van der Waals surface area (Å²) in [6, 6.07) is 5.56. The van der Waals surface area contributed by atoms with Crippen LogP contribution in [0.25, 0.3) is 0 Å². The number of para-hydroxylation sites is 1. The minimum absolute atomic E-state index is 0. The molecule has 0 saturated heterocycles. The van der Waals surface area contributed by atoms with Crippen molar-refractivity contribution in [1.29, 1.82) is 0 Å². The number of pyridine rings is 1. The van der Waals surface area contributed by atoms with Gasteiger partial charge in [-0.3, -0.25) is 4.98 Å². The lowest BCUT2D eigenvalue weighted by molar-refractivity contribution is -0.137. The number of hydrogen-bond acceptors (Lipinski definition) is 3. The van der Waals surface area contributed by atoms with Crippen LogP contribution in [0.4, 0.5) is 28.9 Å². The third-order valence-corrected chi connectivity index (χ3v) is 2.84. The molecule has 2 rings (SSSR count). The van der Waals surface area contributed by atoms with Crippen LogP contribution in [-0.4, -0.2) is 4.98 Å². The van der Waals surface area contributed by atoms with Gasteiger partial charge in [-0.15, -0.1) is 12.4 Å². The Morgan fingerprint density at radius 3 is 2.36 bits per heavy atom. The van der Waals surface area contributed by atoms with E-state index in [0.29, 0.717) is 5.69 Å². The van der Waals surface area contributed by atoms with Gasteiger partial charge in [-0.25, -0.2) is 4.39 Å². The normalized spacial score (nSPS) is 12.5. The number of nitrogens with zero attached hydrogens (tertiary/aromatic N) is 1. The van der Waals surface area contributed by atoms with Crippen LogP contribution in [0.1, 0.15) is 24.2 Å². The standard InChI is InChI=1S/C14H13F4N3.ClH/c1-8(19)12-6-5-9(7-20-12)21-13-10(14(16,17)18)3-2-4-11(13)15;/h2-8,21H,19H2,1H3;1H. The summed E-state index contributed by atoms with van der Waals surface area (Å²) >= 11 is 0. The molecule has 120 valence electrons. The Kier molecular flexibility index (Phi) is 5.73. The monoisotopic (exact) mass is 335 g/mol. The summed E-state index contributed by atoms with van der Waals surface area (Å²) in [5.74, 6) is -0.985. The number of nitrogens with one attached hydrogen (secondary N) is 1. The van der Waals surface area contributed by atoms with Crippen LogP contribution in [-0.2, 0) is 6.18 Å². The Bertz CT molecular complexity index is 627. The molecule has 0 amide bonds. The van der Waals surface area contributed by atoms with Crippen molar-refractivity contribution in [1.82, 2.24) is 4.98 Å². The maximum Gasteiger partial charge on any atom is 0.418 e. The Hall–Kier alpha value is -1.86. The lowest BCUT2D eigenvalue weighted by Gasteiger charge is -2.15. The number of hydrogen-bond donors (Lipinski definition) is 2. The van der Waals surface area contributed by atoms with Gasteiger partial charge in [0.25, 0.3) is 0 Å². The van der Waals surface area contributed by atoms with Gasteiger partial charge in [0.15, 0.2) is 0 Å². The number of halogens is 5. The minimum atomic E-state index is -4.65. The molecule has 0 aliphatic carbocycles. The van der Waals surface area contributed by atoms with Gasteiger partial charge in [-0.2, -0.15) is 13.2 Å². The van der Waals surface area contributed by atoms with Crippen LogP contribution in [0.3, 0.4) is 0 Å². The predicted octanol–water partition coefficient (Wildman–Crippen LogP) is 4.42. The van der Waals surface area contributed by atoms with Crippen molar-refractivity contribution >= 4 is 23.8 Å². The van der Waals surface area contributed by atoms with E-state index in [0.717, 1.165) is 18.2 Å². The van der Waals surface area contributed by atoms with Crippen molar-refractivity contribution in [3.8, 4) is 0 Å². The largest absolute Gasteiger partial charge is 0.418 e. The summed E-state index contributed by atoms with van der Waals surface area (Å²) in [6.45, 7) is 1.73. The fraction of sp³-hybridized carbons (Fsp3) is 0.214. The maximum atomic E-state index is 13.7. The van der Waals surface area contributed by atoms with E-state index in [1.54, 1.807) is 13.0 Å². The maximum absolute atomic E-state index is 13.7. The number of aromatic nitrogens is 1. The molecule has 0 aliphatic rings. The first-order valence-corrected chi connectivity index (χ1v) is 6.13. The van der Waals surface area contributed by atoms with Crippen molar-refractivity contribution in [2.45, 2.75) is 19.1 Å². The van der Waals surface area contributed by atoms with E-state index in [2.05, 4.69) is 10.3 Å².